The van der Waals surface area contributed by atoms with Gasteiger partial charge in [-0.2, -0.15) is 0 Å². The molecular formula is C29H31Cl2N3O2. The van der Waals surface area contributed by atoms with Gasteiger partial charge in [0.1, 0.15) is 6.10 Å². The van der Waals surface area contributed by atoms with E-state index in [0.717, 1.165) is 29.8 Å². The Hall–Kier alpha value is -2.73. The van der Waals surface area contributed by atoms with Crippen LogP contribution in [0.1, 0.15) is 42.1 Å². The highest BCUT2D eigenvalue weighted by Crippen LogP contribution is 2.37. The van der Waals surface area contributed by atoms with Crippen LogP contribution in [0.15, 0.2) is 72.8 Å². The Bertz CT molecular complexity index is 1150. The number of likely N-dealkylation sites (tertiary alicyclic amines) is 1. The van der Waals surface area contributed by atoms with Crippen LogP contribution in [0.3, 0.4) is 0 Å². The lowest BCUT2D eigenvalue weighted by Crippen LogP contribution is -2.57. The van der Waals surface area contributed by atoms with Gasteiger partial charge < -0.3 is 19.9 Å². The third-order valence-electron chi connectivity index (χ3n) is 6.96. The van der Waals surface area contributed by atoms with Crippen LogP contribution in [0.4, 0.5) is 10.5 Å². The molecule has 7 heteroatoms. The molecule has 0 spiro atoms. The number of halogens is 2. The summed E-state index contributed by atoms with van der Waals surface area (Å²) in [6.07, 6.45) is 3.23. The van der Waals surface area contributed by atoms with E-state index in [4.69, 9.17) is 27.9 Å². The summed E-state index contributed by atoms with van der Waals surface area (Å²) in [4.78, 5) is 17.1. The van der Waals surface area contributed by atoms with Crippen molar-refractivity contribution in [3.8, 4) is 0 Å². The summed E-state index contributed by atoms with van der Waals surface area (Å²) in [5, 5.41) is 4.36. The highest BCUT2D eigenvalue weighted by molar-refractivity contribution is 6.32. The molecule has 36 heavy (non-hydrogen) atoms. The van der Waals surface area contributed by atoms with E-state index >= 15 is 0 Å². The van der Waals surface area contributed by atoms with Crippen LogP contribution in [0, 0.1) is 0 Å². The molecule has 188 valence electrons. The van der Waals surface area contributed by atoms with E-state index in [0.29, 0.717) is 29.7 Å². The van der Waals surface area contributed by atoms with Gasteiger partial charge in [-0.25, -0.2) is 4.79 Å². The monoisotopic (exact) mass is 523 g/mol. The number of rotatable bonds is 7. The molecule has 0 atom stereocenters. The van der Waals surface area contributed by atoms with E-state index in [1.165, 1.54) is 24.9 Å². The molecular weight excluding hydrogens is 493 g/mol. The van der Waals surface area contributed by atoms with E-state index in [1.807, 2.05) is 54.6 Å². The van der Waals surface area contributed by atoms with Crippen LogP contribution in [-0.2, 0) is 11.3 Å². The topological polar surface area (TPSA) is 44.8 Å². The molecule has 3 aromatic carbocycles. The summed E-state index contributed by atoms with van der Waals surface area (Å²) >= 11 is 13.0. The lowest BCUT2D eigenvalue weighted by molar-refractivity contribution is -0.0645. The zero-order valence-corrected chi connectivity index (χ0v) is 21.7. The van der Waals surface area contributed by atoms with Gasteiger partial charge in [0.05, 0.1) is 19.2 Å². The van der Waals surface area contributed by atoms with Crippen LogP contribution in [0.25, 0.3) is 0 Å². The van der Waals surface area contributed by atoms with E-state index in [9.17, 15) is 4.79 Å². The van der Waals surface area contributed by atoms with Crippen LogP contribution >= 0.6 is 23.2 Å². The molecule has 1 N–H and O–H groups in total. The molecule has 2 saturated heterocycles. The standard InChI is InChI=1S/C29H31Cl2N3O2/c30-25-13-5-3-11-23(25)28(24-12-4-6-14-26(24)31)36-22-19-34(20-22)29(35)32-18-21-10-2-7-15-27(21)33-16-8-1-9-17-33/h2-7,10-15,22,28H,1,8-9,16-20H2,(H,32,35). The molecule has 0 radical (unpaired) electrons. The number of hydrogen-bond donors (Lipinski definition) is 1. The number of carbonyl (C=O) groups is 1. The van der Waals surface area contributed by atoms with Crippen molar-refractivity contribution >= 4 is 34.9 Å². The van der Waals surface area contributed by atoms with Crippen molar-refractivity contribution < 1.29 is 9.53 Å². The average Bonchev–Trinajstić information content (AvgIpc) is 2.89. The number of carbonyl (C=O) groups excluding carboxylic acids is 1. The largest absolute Gasteiger partial charge is 0.371 e. The smallest absolute Gasteiger partial charge is 0.317 e. The van der Waals surface area contributed by atoms with Gasteiger partial charge in [-0.05, 0) is 43.0 Å². The lowest BCUT2D eigenvalue weighted by Gasteiger charge is -2.41. The van der Waals surface area contributed by atoms with Crippen molar-refractivity contribution in [1.82, 2.24) is 10.2 Å². The number of hydrogen-bond acceptors (Lipinski definition) is 3. The Balaban J connectivity index is 1.20. The first-order valence-electron chi connectivity index (χ1n) is 12.6. The van der Waals surface area contributed by atoms with Gasteiger partial charge in [0, 0.05) is 46.5 Å². The Morgan fingerprint density at radius 1 is 0.861 bits per heavy atom. The maximum Gasteiger partial charge on any atom is 0.317 e. The third-order valence-corrected chi connectivity index (χ3v) is 7.65. The molecule has 2 heterocycles. The molecule has 0 unspecified atom stereocenters. The number of amides is 2. The molecule has 0 aliphatic carbocycles. The van der Waals surface area contributed by atoms with Crippen LogP contribution in [0.2, 0.25) is 10.0 Å². The molecule has 0 bridgehead atoms. The highest BCUT2D eigenvalue weighted by atomic mass is 35.5. The van der Waals surface area contributed by atoms with Gasteiger partial charge in [0.15, 0.2) is 0 Å². The molecule has 0 aromatic heterocycles. The minimum Gasteiger partial charge on any atom is -0.371 e. The predicted octanol–water partition coefficient (Wildman–Crippen LogP) is 6.68. The second kappa shape index (κ2) is 11.5. The molecule has 0 saturated carbocycles. The van der Waals surface area contributed by atoms with Crippen LogP contribution < -0.4 is 10.2 Å². The Morgan fingerprint density at radius 2 is 1.44 bits per heavy atom. The number of urea groups is 1. The van der Waals surface area contributed by atoms with Crippen molar-refractivity contribution in [3.05, 3.63) is 99.5 Å². The first-order chi connectivity index (χ1) is 17.6. The predicted molar refractivity (Wildman–Crippen MR) is 146 cm³/mol. The first kappa shape index (κ1) is 24.9. The van der Waals surface area contributed by atoms with Crippen molar-refractivity contribution in [2.75, 3.05) is 31.1 Å². The van der Waals surface area contributed by atoms with Gasteiger partial charge in [0.25, 0.3) is 0 Å². The van der Waals surface area contributed by atoms with Crippen molar-refractivity contribution in [2.45, 2.75) is 38.0 Å². The van der Waals surface area contributed by atoms with Gasteiger partial charge in [-0.1, -0.05) is 77.8 Å². The maximum atomic E-state index is 12.9. The van der Waals surface area contributed by atoms with Crippen molar-refractivity contribution in [1.29, 1.82) is 0 Å². The summed E-state index contributed by atoms with van der Waals surface area (Å²) in [5.41, 5.74) is 4.11. The third kappa shape index (κ3) is 5.64. The van der Waals surface area contributed by atoms with E-state index in [-0.39, 0.29) is 12.1 Å². The van der Waals surface area contributed by atoms with Gasteiger partial charge in [-0.15, -0.1) is 0 Å². The number of benzene rings is 3. The number of para-hydroxylation sites is 1. The van der Waals surface area contributed by atoms with Gasteiger partial charge >= 0.3 is 6.03 Å². The molecule has 5 nitrogen and oxygen atoms in total. The molecule has 2 fully saturated rings. The molecule has 2 amide bonds. The van der Waals surface area contributed by atoms with E-state index < -0.39 is 6.10 Å². The maximum absolute atomic E-state index is 12.9. The lowest BCUT2D eigenvalue weighted by atomic mass is 10.0. The number of piperidine rings is 1. The number of ether oxygens (including phenoxy) is 1. The Kier molecular flexibility index (Phi) is 8.00. The minimum absolute atomic E-state index is 0.0738. The Labute approximate surface area is 222 Å². The SMILES string of the molecule is O=C(NCc1ccccc1N1CCCCC1)N1CC(OC(c2ccccc2Cl)c2ccccc2Cl)C1. The van der Waals surface area contributed by atoms with Gasteiger partial charge in [-0.3, -0.25) is 0 Å². The second-order valence-electron chi connectivity index (χ2n) is 9.42. The fourth-order valence-corrected chi connectivity index (χ4v) is 5.43. The number of nitrogens with one attached hydrogen (secondary N) is 1. The number of nitrogens with zero attached hydrogens (tertiary/aromatic N) is 2. The first-order valence-corrected chi connectivity index (χ1v) is 13.4. The van der Waals surface area contributed by atoms with Crippen molar-refractivity contribution in [3.63, 3.8) is 0 Å². The highest BCUT2D eigenvalue weighted by Gasteiger charge is 2.35. The fraction of sp³-hybridized carbons (Fsp3) is 0.345. The zero-order chi connectivity index (χ0) is 24.9. The summed E-state index contributed by atoms with van der Waals surface area (Å²) in [5.74, 6) is 0. The molecule has 2 aliphatic rings. The fourth-order valence-electron chi connectivity index (χ4n) is 4.96. The van der Waals surface area contributed by atoms with Crippen LogP contribution in [-0.4, -0.2) is 43.2 Å². The van der Waals surface area contributed by atoms with Crippen molar-refractivity contribution in [2.24, 2.45) is 0 Å². The zero-order valence-electron chi connectivity index (χ0n) is 20.2. The Morgan fingerprint density at radius 3 is 2.08 bits per heavy atom. The molecule has 2 aliphatic heterocycles. The second-order valence-corrected chi connectivity index (χ2v) is 10.2. The average molecular weight is 524 g/mol. The molecule has 3 aromatic rings. The minimum atomic E-state index is -0.404. The van der Waals surface area contributed by atoms with E-state index in [2.05, 4.69) is 28.4 Å². The summed E-state index contributed by atoms with van der Waals surface area (Å²) in [6, 6.07) is 23.6. The number of anilines is 1. The van der Waals surface area contributed by atoms with Crippen LogP contribution in [0.5, 0.6) is 0 Å². The molecule has 5 rings (SSSR count). The summed E-state index contributed by atoms with van der Waals surface area (Å²) in [6.45, 7) is 3.70. The van der Waals surface area contributed by atoms with Gasteiger partial charge in [0.2, 0.25) is 0 Å². The quantitative estimate of drug-likeness (QED) is 0.375. The van der Waals surface area contributed by atoms with E-state index in [1.54, 1.807) is 4.90 Å². The summed E-state index contributed by atoms with van der Waals surface area (Å²) < 4.78 is 6.46. The normalized spacial score (nSPS) is 16.2. The summed E-state index contributed by atoms with van der Waals surface area (Å²) in [7, 11) is 0.